The minimum absolute atomic E-state index is 0.0196. The van der Waals surface area contributed by atoms with E-state index in [1.165, 1.54) is 12.8 Å². The lowest BCUT2D eigenvalue weighted by molar-refractivity contribution is -0.140. The van der Waals surface area contributed by atoms with Gasteiger partial charge in [-0.3, -0.25) is 14.5 Å². The molecule has 0 radical (unpaired) electrons. The van der Waals surface area contributed by atoms with Crippen molar-refractivity contribution in [3.63, 3.8) is 0 Å². The van der Waals surface area contributed by atoms with Crippen LogP contribution in [0.25, 0.3) is 0 Å². The van der Waals surface area contributed by atoms with E-state index in [0.29, 0.717) is 12.0 Å². The molecule has 19 heavy (non-hydrogen) atoms. The van der Waals surface area contributed by atoms with Crippen molar-refractivity contribution in [2.75, 3.05) is 13.1 Å². The number of hydrogen-bond donors (Lipinski definition) is 2. The van der Waals surface area contributed by atoms with E-state index in [1.54, 1.807) is 4.90 Å². The maximum atomic E-state index is 12.2. The molecule has 0 aromatic heterocycles. The second-order valence-corrected chi connectivity index (χ2v) is 5.93. The quantitative estimate of drug-likeness (QED) is 0.728. The summed E-state index contributed by atoms with van der Waals surface area (Å²) < 4.78 is 0. The number of aliphatic carboxylic acids is 1. The van der Waals surface area contributed by atoms with Crippen LogP contribution in [0, 0.1) is 5.92 Å². The van der Waals surface area contributed by atoms with Gasteiger partial charge in [0, 0.05) is 12.6 Å². The van der Waals surface area contributed by atoms with Crippen LogP contribution in [0.4, 0.5) is 0 Å². The lowest BCUT2D eigenvalue weighted by atomic mass is 10.2. The Kier molecular flexibility index (Phi) is 4.80. The normalized spacial score (nSPS) is 21.6. The predicted octanol–water partition coefficient (Wildman–Crippen LogP) is 1.23. The van der Waals surface area contributed by atoms with Crippen LogP contribution < -0.4 is 5.32 Å². The third-order valence-electron chi connectivity index (χ3n) is 4.16. The molecule has 0 aromatic rings. The Hall–Kier alpha value is -1.10. The topological polar surface area (TPSA) is 69.6 Å². The lowest BCUT2D eigenvalue weighted by Crippen LogP contribution is -2.49. The Morgan fingerprint density at radius 1 is 1.26 bits per heavy atom. The molecule has 0 heterocycles. The average Bonchev–Trinajstić information content (AvgIpc) is 3.02. The molecule has 0 saturated heterocycles. The van der Waals surface area contributed by atoms with Gasteiger partial charge in [-0.15, -0.1) is 0 Å². The van der Waals surface area contributed by atoms with E-state index < -0.39 is 5.97 Å². The van der Waals surface area contributed by atoms with Gasteiger partial charge >= 0.3 is 5.97 Å². The van der Waals surface area contributed by atoms with Crippen molar-refractivity contribution in [3.05, 3.63) is 0 Å². The number of nitrogens with one attached hydrogen (secondary N) is 1. The van der Waals surface area contributed by atoms with E-state index in [2.05, 4.69) is 5.32 Å². The van der Waals surface area contributed by atoms with Gasteiger partial charge in [0.15, 0.2) is 0 Å². The predicted molar refractivity (Wildman–Crippen MR) is 71.8 cm³/mol. The zero-order valence-corrected chi connectivity index (χ0v) is 11.6. The van der Waals surface area contributed by atoms with Crippen LogP contribution in [-0.4, -0.2) is 47.1 Å². The van der Waals surface area contributed by atoms with Crippen molar-refractivity contribution in [2.45, 2.75) is 57.5 Å². The fourth-order valence-electron chi connectivity index (χ4n) is 2.72. The highest BCUT2D eigenvalue weighted by molar-refractivity contribution is 5.82. The minimum Gasteiger partial charge on any atom is -0.480 e. The van der Waals surface area contributed by atoms with Crippen LogP contribution in [0.5, 0.6) is 0 Å². The van der Waals surface area contributed by atoms with Crippen LogP contribution in [-0.2, 0) is 9.59 Å². The molecule has 2 aliphatic rings. The number of carboxylic acids is 1. The molecule has 0 aliphatic heterocycles. The molecule has 5 nitrogen and oxygen atoms in total. The van der Waals surface area contributed by atoms with E-state index in [9.17, 15) is 9.59 Å². The van der Waals surface area contributed by atoms with Crippen LogP contribution in [0.2, 0.25) is 0 Å². The summed E-state index contributed by atoms with van der Waals surface area (Å²) in [4.78, 5) is 24.9. The minimum atomic E-state index is -0.860. The van der Waals surface area contributed by atoms with Crippen LogP contribution in [0.15, 0.2) is 0 Å². The van der Waals surface area contributed by atoms with E-state index in [4.69, 9.17) is 5.11 Å². The summed E-state index contributed by atoms with van der Waals surface area (Å²) in [6.07, 6.45) is 6.79. The first-order valence-electron chi connectivity index (χ1n) is 7.32. The number of carbonyl (C=O) groups is 2. The lowest BCUT2D eigenvalue weighted by Gasteiger charge is -2.27. The Morgan fingerprint density at radius 3 is 2.42 bits per heavy atom. The Bertz CT molecular complexity index is 336. The standard InChI is InChI=1S/C14H24N2O3/c1-10(14(19)15-12-4-2-3-5-12)16(9-13(17)18)8-11-6-7-11/h10-12H,2-9H2,1H3,(H,15,19)(H,17,18). The number of nitrogens with zero attached hydrogens (tertiary/aromatic N) is 1. The number of amides is 1. The molecule has 2 fully saturated rings. The van der Waals surface area contributed by atoms with E-state index in [-0.39, 0.29) is 18.5 Å². The van der Waals surface area contributed by atoms with Gasteiger partial charge in [-0.25, -0.2) is 0 Å². The molecule has 2 saturated carbocycles. The molecule has 5 heteroatoms. The molecule has 1 amide bonds. The Labute approximate surface area is 114 Å². The molecule has 0 aromatic carbocycles. The third-order valence-corrected chi connectivity index (χ3v) is 4.16. The highest BCUT2D eigenvalue weighted by Gasteiger charge is 2.31. The van der Waals surface area contributed by atoms with Gasteiger partial charge in [0.1, 0.15) is 0 Å². The van der Waals surface area contributed by atoms with Crippen molar-refractivity contribution in [3.8, 4) is 0 Å². The van der Waals surface area contributed by atoms with Gasteiger partial charge in [0.25, 0.3) is 0 Å². The van der Waals surface area contributed by atoms with Gasteiger partial charge in [0.05, 0.1) is 12.6 Å². The molecule has 1 atom stereocenters. The molecule has 0 spiro atoms. The van der Waals surface area contributed by atoms with Gasteiger partial charge < -0.3 is 10.4 Å². The van der Waals surface area contributed by atoms with Crippen molar-refractivity contribution in [1.29, 1.82) is 0 Å². The number of carbonyl (C=O) groups excluding carboxylic acids is 1. The summed E-state index contributed by atoms with van der Waals surface area (Å²) >= 11 is 0. The van der Waals surface area contributed by atoms with Crippen molar-refractivity contribution < 1.29 is 14.7 Å². The summed E-state index contributed by atoms with van der Waals surface area (Å²) in [5.74, 6) is -0.295. The van der Waals surface area contributed by atoms with Gasteiger partial charge in [-0.05, 0) is 38.5 Å². The van der Waals surface area contributed by atoms with Gasteiger partial charge in [0.2, 0.25) is 5.91 Å². The molecular formula is C14H24N2O3. The summed E-state index contributed by atoms with van der Waals surface area (Å²) in [5.41, 5.74) is 0. The monoisotopic (exact) mass is 268 g/mol. The summed E-state index contributed by atoms with van der Waals surface area (Å²) in [7, 11) is 0. The largest absolute Gasteiger partial charge is 0.480 e. The van der Waals surface area contributed by atoms with Gasteiger partial charge in [-0.1, -0.05) is 12.8 Å². The second kappa shape index (κ2) is 6.37. The second-order valence-electron chi connectivity index (χ2n) is 5.93. The van der Waals surface area contributed by atoms with E-state index in [1.807, 2.05) is 6.92 Å². The third kappa shape index (κ3) is 4.49. The fourth-order valence-corrected chi connectivity index (χ4v) is 2.72. The zero-order chi connectivity index (χ0) is 13.8. The van der Waals surface area contributed by atoms with Crippen molar-refractivity contribution in [2.24, 2.45) is 5.92 Å². The molecule has 2 N–H and O–H groups in total. The van der Waals surface area contributed by atoms with Crippen LogP contribution in [0.1, 0.15) is 45.4 Å². The maximum absolute atomic E-state index is 12.2. The van der Waals surface area contributed by atoms with Crippen molar-refractivity contribution in [1.82, 2.24) is 10.2 Å². The highest BCUT2D eigenvalue weighted by Crippen LogP contribution is 2.30. The molecule has 1 unspecified atom stereocenters. The summed E-state index contributed by atoms with van der Waals surface area (Å²) in [5, 5.41) is 12.0. The molecule has 2 rings (SSSR count). The van der Waals surface area contributed by atoms with Crippen LogP contribution in [0.3, 0.4) is 0 Å². The average molecular weight is 268 g/mol. The SMILES string of the molecule is CC(C(=O)NC1CCCC1)N(CC(=O)O)CC1CC1. The van der Waals surface area contributed by atoms with Crippen LogP contribution >= 0.6 is 0 Å². The van der Waals surface area contributed by atoms with E-state index in [0.717, 1.165) is 32.2 Å². The first kappa shape index (κ1) is 14.3. The van der Waals surface area contributed by atoms with Gasteiger partial charge in [-0.2, -0.15) is 0 Å². The first-order chi connectivity index (χ1) is 9.06. The zero-order valence-electron chi connectivity index (χ0n) is 11.6. The first-order valence-corrected chi connectivity index (χ1v) is 7.32. The number of rotatable bonds is 7. The Balaban J connectivity index is 1.86. The van der Waals surface area contributed by atoms with E-state index >= 15 is 0 Å². The maximum Gasteiger partial charge on any atom is 0.317 e. The number of hydrogen-bond acceptors (Lipinski definition) is 3. The smallest absolute Gasteiger partial charge is 0.317 e. The Morgan fingerprint density at radius 2 is 1.89 bits per heavy atom. The molecule has 108 valence electrons. The highest BCUT2D eigenvalue weighted by atomic mass is 16.4. The summed E-state index contributed by atoms with van der Waals surface area (Å²) in [6, 6.07) is -0.0557. The molecule has 2 aliphatic carbocycles. The number of carboxylic acid groups (broad SMARTS) is 1. The summed E-state index contributed by atoms with van der Waals surface area (Å²) in [6.45, 7) is 2.50. The molecule has 0 bridgehead atoms. The molecular weight excluding hydrogens is 244 g/mol. The fraction of sp³-hybridized carbons (Fsp3) is 0.857. The van der Waals surface area contributed by atoms with Crippen molar-refractivity contribution >= 4 is 11.9 Å².